The molecule has 1 fully saturated rings. The quantitative estimate of drug-likeness (QED) is 0.368. The van der Waals surface area contributed by atoms with Gasteiger partial charge < -0.3 is 10.1 Å². The van der Waals surface area contributed by atoms with Crippen LogP contribution in [0.2, 0.25) is 0 Å². The van der Waals surface area contributed by atoms with Gasteiger partial charge in [0.15, 0.2) is 0 Å². The molecule has 20 heavy (non-hydrogen) atoms. The molecule has 1 amide bonds. The van der Waals surface area contributed by atoms with Crippen molar-refractivity contribution in [2.24, 2.45) is 0 Å². The molecule has 0 aromatic rings. The molecule has 0 aromatic carbocycles. The van der Waals surface area contributed by atoms with Crippen molar-refractivity contribution >= 4 is 5.91 Å². The molecule has 3 heteroatoms. The van der Waals surface area contributed by atoms with Crippen LogP contribution in [0.5, 0.6) is 0 Å². The second-order valence-corrected chi connectivity index (χ2v) is 5.78. The molecule has 1 N–H and O–H groups in total. The van der Waals surface area contributed by atoms with Gasteiger partial charge in [-0.15, -0.1) is 0 Å². The monoisotopic (exact) mass is 281 g/mol. The number of unbranched alkanes of at least 4 members (excludes halogenated alkanes) is 5. The molecule has 1 aliphatic rings. The van der Waals surface area contributed by atoms with E-state index < -0.39 is 0 Å². The minimum Gasteiger partial charge on any atom is -0.501 e. The number of rotatable bonds is 10. The standard InChI is InChI=1S/C17H31NO2/c1-2-3-4-5-6-10-14-20-15-13-17(19)18-16-11-8-7-9-12-16/h13,15-16H,2-12,14H2,1H3,(H,18,19)/b15-13+. The molecule has 0 saturated heterocycles. The first-order valence-corrected chi connectivity index (χ1v) is 8.41. The molecule has 1 aliphatic carbocycles. The fraction of sp³-hybridized carbons (Fsp3) is 0.824. The van der Waals surface area contributed by atoms with E-state index in [-0.39, 0.29) is 5.91 Å². The highest BCUT2D eigenvalue weighted by atomic mass is 16.5. The highest BCUT2D eigenvalue weighted by molar-refractivity contribution is 5.87. The van der Waals surface area contributed by atoms with Crippen molar-refractivity contribution in [2.45, 2.75) is 83.6 Å². The zero-order valence-corrected chi connectivity index (χ0v) is 13.0. The third-order valence-electron chi connectivity index (χ3n) is 3.88. The van der Waals surface area contributed by atoms with E-state index >= 15 is 0 Å². The van der Waals surface area contributed by atoms with Gasteiger partial charge in [-0.3, -0.25) is 4.79 Å². The molecule has 0 aliphatic heterocycles. The van der Waals surface area contributed by atoms with Crippen molar-refractivity contribution in [3.63, 3.8) is 0 Å². The average Bonchev–Trinajstić information content (AvgIpc) is 2.46. The molecule has 1 rings (SSSR count). The van der Waals surface area contributed by atoms with Crippen LogP contribution in [0.25, 0.3) is 0 Å². The van der Waals surface area contributed by atoms with Gasteiger partial charge in [-0.25, -0.2) is 0 Å². The van der Waals surface area contributed by atoms with Crippen LogP contribution in [0.15, 0.2) is 12.3 Å². The van der Waals surface area contributed by atoms with E-state index in [1.165, 1.54) is 57.4 Å². The molecule has 0 spiro atoms. The number of hydrogen-bond donors (Lipinski definition) is 1. The highest BCUT2D eigenvalue weighted by Gasteiger charge is 2.13. The van der Waals surface area contributed by atoms with Gasteiger partial charge in [-0.1, -0.05) is 58.3 Å². The Bertz CT molecular complexity index is 270. The number of amides is 1. The van der Waals surface area contributed by atoms with Gasteiger partial charge in [0.1, 0.15) is 0 Å². The van der Waals surface area contributed by atoms with E-state index in [1.807, 2.05) is 0 Å². The predicted octanol–water partition coefficient (Wildman–Crippen LogP) is 4.33. The Labute approximate surface area is 124 Å². The number of hydrogen-bond acceptors (Lipinski definition) is 2. The summed E-state index contributed by atoms with van der Waals surface area (Å²) in [6, 6.07) is 0.375. The topological polar surface area (TPSA) is 38.3 Å². The minimum absolute atomic E-state index is 0.0140. The van der Waals surface area contributed by atoms with E-state index in [0.29, 0.717) is 6.04 Å². The minimum atomic E-state index is -0.0140. The van der Waals surface area contributed by atoms with Crippen molar-refractivity contribution in [1.29, 1.82) is 0 Å². The summed E-state index contributed by atoms with van der Waals surface area (Å²) in [7, 11) is 0. The SMILES string of the molecule is CCCCCCCCO/C=C/C(=O)NC1CCCCC1. The first kappa shape index (κ1) is 17.1. The summed E-state index contributed by atoms with van der Waals surface area (Å²) >= 11 is 0. The second kappa shape index (κ2) is 11.8. The molecular weight excluding hydrogens is 250 g/mol. The van der Waals surface area contributed by atoms with Gasteiger partial charge in [-0.05, 0) is 19.3 Å². The Morgan fingerprint density at radius 1 is 1.10 bits per heavy atom. The fourth-order valence-corrected chi connectivity index (χ4v) is 2.64. The Morgan fingerprint density at radius 3 is 2.55 bits per heavy atom. The first-order valence-electron chi connectivity index (χ1n) is 8.41. The van der Waals surface area contributed by atoms with Gasteiger partial charge in [0.2, 0.25) is 5.91 Å². The zero-order chi connectivity index (χ0) is 14.5. The molecule has 1 saturated carbocycles. The Balaban J connectivity index is 1.93. The summed E-state index contributed by atoms with van der Waals surface area (Å²) < 4.78 is 5.36. The van der Waals surface area contributed by atoms with Gasteiger partial charge in [-0.2, -0.15) is 0 Å². The molecular formula is C17H31NO2. The predicted molar refractivity (Wildman–Crippen MR) is 83.5 cm³/mol. The molecule has 116 valence electrons. The maximum atomic E-state index is 11.6. The van der Waals surface area contributed by atoms with E-state index in [4.69, 9.17) is 4.74 Å². The molecule has 0 heterocycles. The normalized spacial score (nSPS) is 16.4. The summed E-state index contributed by atoms with van der Waals surface area (Å²) in [5.41, 5.74) is 0. The largest absolute Gasteiger partial charge is 0.501 e. The smallest absolute Gasteiger partial charge is 0.247 e. The van der Waals surface area contributed by atoms with Crippen molar-refractivity contribution in [1.82, 2.24) is 5.32 Å². The van der Waals surface area contributed by atoms with Crippen LogP contribution < -0.4 is 5.32 Å². The van der Waals surface area contributed by atoms with Gasteiger partial charge in [0.25, 0.3) is 0 Å². The van der Waals surface area contributed by atoms with Crippen molar-refractivity contribution in [3.8, 4) is 0 Å². The van der Waals surface area contributed by atoms with Crippen molar-refractivity contribution in [3.05, 3.63) is 12.3 Å². The summed E-state index contributed by atoms with van der Waals surface area (Å²) in [4.78, 5) is 11.6. The Morgan fingerprint density at radius 2 is 1.80 bits per heavy atom. The molecule has 0 radical (unpaired) electrons. The summed E-state index contributed by atoms with van der Waals surface area (Å²) in [6.45, 7) is 2.95. The third-order valence-corrected chi connectivity index (χ3v) is 3.88. The number of carbonyl (C=O) groups excluding carboxylic acids is 1. The van der Waals surface area contributed by atoms with Crippen LogP contribution in [0.3, 0.4) is 0 Å². The van der Waals surface area contributed by atoms with Crippen LogP contribution in [0.4, 0.5) is 0 Å². The van der Waals surface area contributed by atoms with Gasteiger partial charge in [0, 0.05) is 12.1 Å². The lowest BCUT2D eigenvalue weighted by atomic mass is 9.95. The molecule has 0 aromatic heterocycles. The third kappa shape index (κ3) is 9.00. The first-order chi connectivity index (χ1) is 9.83. The van der Waals surface area contributed by atoms with E-state index in [2.05, 4.69) is 12.2 Å². The molecule has 0 unspecified atom stereocenters. The molecule has 0 bridgehead atoms. The maximum Gasteiger partial charge on any atom is 0.247 e. The number of nitrogens with one attached hydrogen (secondary N) is 1. The lowest BCUT2D eigenvalue weighted by Crippen LogP contribution is -2.35. The summed E-state index contributed by atoms with van der Waals surface area (Å²) in [5, 5.41) is 3.04. The van der Waals surface area contributed by atoms with Crippen LogP contribution in [0.1, 0.15) is 77.6 Å². The van der Waals surface area contributed by atoms with Crippen LogP contribution in [0, 0.1) is 0 Å². The van der Waals surface area contributed by atoms with Crippen LogP contribution in [-0.2, 0) is 9.53 Å². The number of carbonyl (C=O) groups is 1. The van der Waals surface area contributed by atoms with Crippen LogP contribution in [-0.4, -0.2) is 18.6 Å². The molecule has 0 atom stereocenters. The van der Waals surface area contributed by atoms with Crippen LogP contribution >= 0.6 is 0 Å². The lowest BCUT2D eigenvalue weighted by molar-refractivity contribution is -0.117. The fourth-order valence-electron chi connectivity index (χ4n) is 2.64. The second-order valence-electron chi connectivity index (χ2n) is 5.78. The summed E-state index contributed by atoms with van der Waals surface area (Å²) in [6.07, 6.45) is 16.7. The Kier molecular flexibility index (Phi) is 10.1. The van der Waals surface area contributed by atoms with Gasteiger partial charge in [0.05, 0.1) is 12.9 Å². The average molecular weight is 281 g/mol. The summed E-state index contributed by atoms with van der Waals surface area (Å²) in [5.74, 6) is -0.0140. The van der Waals surface area contributed by atoms with E-state index in [0.717, 1.165) is 25.9 Å². The Hall–Kier alpha value is -0.990. The zero-order valence-electron chi connectivity index (χ0n) is 13.0. The lowest BCUT2D eigenvalue weighted by Gasteiger charge is -2.21. The van der Waals surface area contributed by atoms with E-state index in [1.54, 1.807) is 6.26 Å². The van der Waals surface area contributed by atoms with Crippen molar-refractivity contribution < 1.29 is 9.53 Å². The maximum absolute atomic E-state index is 11.6. The van der Waals surface area contributed by atoms with Gasteiger partial charge >= 0.3 is 0 Å². The highest BCUT2D eigenvalue weighted by Crippen LogP contribution is 2.17. The van der Waals surface area contributed by atoms with Crippen molar-refractivity contribution in [2.75, 3.05) is 6.61 Å². The molecule has 3 nitrogen and oxygen atoms in total. The number of ether oxygens (including phenoxy) is 1. The van der Waals surface area contributed by atoms with E-state index in [9.17, 15) is 4.79 Å².